The predicted molar refractivity (Wildman–Crippen MR) is 69.4 cm³/mol. The van der Waals surface area contributed by atoms with Crippen LogP contribution in [0.3, 0.4) is 0 Å². The molecule has 92 valence electrons. The van der Waals surface area contributed by atoms with Crippen molar-refractivity contribution in [1.82, 2.24) is 24.3 Å². The van der Waals surface area contributed by atoms with Crippen LogP contribution in [0.15, 0.2) is 30.7 Å². The molecule has 6 heteroatoms. The third kappa shape index (κ3) is 1.86. The predicted octanol–water partition coefficient (Wildman–Crippen LogP) is 1.95. The van der Waals surface area contributed by atoms with Gasteiger partial charge in [0.2, 0.25) is 0 Å². The van der Waals surface area contributed by atoms with Crippen LogP contribution in [0, 0.1) is 0 Å². The normalized spacial score (nSPS) is 11.2. The molecule has 0 N–H and O–H groups in total. The summed E-state index contributed by atoms with van der Waals surface area (Å²) in [6.07, 6.45) is 5.58. The van der Waals surface area contributed by atoms with E-state index in [0.717, 1.165) is 22.6 Å². The van der Waals surface area contributed by atoms with Crippen LogP contribution in [0.4, 0.5) is 0 Å². The summed E-state index contributed by atoms with van der Waals surface area (Å²) in [5.74, 6) is 1.20. The Hall–Kier alpha value is -1.88. The van der Waals surface area contributed by atoms with Crippen LogP contribution in [-0.4, -0.2) is 24.3 Å². The maximum atomic E-state index is 5.94. The lowest BCUT2D eigenvalue weighted by atomic mass is 10.3. The molecule has 0 atom stereocenters. The van der Waals surface area contributed by atoms with Gasteiger partial charge in [-0.15, -0.1) is 11.6 Å². The number of aryl methyl sites for hydroxylation is 1. The van der Waals surface area contributed by atoms with Gasteiger partial charge in [0.15, 0.2) is 5.65 Å². The van der Waals surface area contributed by atoms with Crippen molar-refractivity contribution in [2.45, 2.75) is 12.4 Å². The Balaban J connectivity index is 2.09. The van der Waals surface area contributed by atoms with Gasteiger partial charge in [-0.1, -0.05) is 0 Å². The maximum absolute atomic E-state index is 5.94. The summed E-state index contributed by atoms with van der Waals surface area (Å²) in [5, 5.41) is 4.16. The van der Waals surface area contributed by atoms with Crippen LogP contribution < -0.4 is 0 Å². The van der Waals surface area contributed by atoms with E-state index in [2.05, 4.69) is 15.1 Å². The van der Waals surface area contributed by atoms with E-state index in [1.54, 1.807) is 10.9 Å². The molecule has 3 rings (SSSR count). The molecule has 3 aromatic heterocycles. The van der Waals surface area contributed by atoms with Crippen LogP contribution in [0.1, 0.15) is 11.4 Å². The number of alkyl halides is 1. The first-order chi connectivity index (χ1) is 8.78. The lowest BCUT2D eigenvalue weighted by Crippen LogP contribution is -2.04. The second kappa shape index (κ2) is 4.42. The van der Waals surface area contributed by atoms with E-state index in [0.29, 0.717) is 12.4 Å². The van der Waals surface area contributed by atoms with E-state index in [9.17, 15) is 0 Å². The fraction of sp³-hybridized carbons (Fsp3) is 0.250. The molecule has 0 aliphatic heterocycles. The van der Waals surface area contributed by atoms with Gasteiger partial charge in [-0.2, -0.15) is 5.10 Å². The number of fused-ring (bicyclic) bond motifs is 1. The Labute approximate surface area is 109 Å². The number of hydrogen-bond acceptors (Lipinski definition) is 3. The second-order valence-electron chi connectivity index (χ2n) is 4.12. The lowest BCUT2D eigenvalue weighted by molar-refractivity contribution is 0.756. The molecule has 0 fully saturated rings. The summed E-state index contributed by atoms with van der Waals surface area (Å²) < 4.78 is 3.81. The van der Waals surface area contributed by atoms with E-state index < -0.39 is 0 Å². The Morgan fingerprint density at radius 2 is 2.28 bits per heavy atom. The van der Waals surface area contributed by atoms with Gasteiger partial charge in [0.1, 0.15) is 11.3 Å². The van der Waals surface area contributed by atoms with Gasteiger partial charge in [0.25, 0.3) is 0 Å². The van der Waals surface area contributed by atoms with Crippen LogP contribution in [0.25, 0.3) is 11.2 Å². The molecular formula is C12H12ClN5. The zero-order valence-corrected chi connectivity index (χ0v) is 10.7. The number of rotatable bonds is 3. The average Bonchev–Trinajstić information content (AvgIpc) is 2.94. The highest BCUT2D eigenvalue weighted by atomic mass is 35.5. The highest BCUT2D eigenvalue weighted by molar-refractivity contribution is 6.16. The fourth-order valence-electron chi connectivity index (χ4n) is 2.01. The first kappa shape index (κ1) is 11.2. The van der Waals surface area contributed by atoms with Crippen molar-refractivity contribution in [2.24, 2.45) is 7.05 Å². The average molecular weight is 262 g/mol. The Morgan fingerprint density at radius 1 is 1.39 bits per heavy atom. The molecule has 0 spiro atoms. The van der Waals surface area contributed by atoms with E-state index >= 15 is 0 Å². The number of nitrogens with zero attached hydrogens (tertiary/aromatic N) is 5. The largest absolute Gasteiger partial charge is 0.307 e. The third-order valence-electron chi connectivity index (χ3n) is 2.80. The molecule has 0 aliphatic carbocycles. The number of pyridine rings is 1. The number of imidazole rings is 1. The summed E-state index contributed by atoms with van der Waals surface area (Å²) in [4.78, 5) is 8.84. The summed E-state index contributed by atoms with van der Waals surface area (Å²) in [6, 6.07) is 3.82. The monoisotopic (exact) mass is 261 g/mol. The third-order valence-corrected chi connectivity index (χ3v) is 3.04. The number of hydrogen-bond donors (Lipinski definition) is 0. The van der Waals surface area contributed by atoms with Crippen LogP contribution >= 0.6 is 11.6 Å². The smallest absolute Gasteiger partial charge is 0.160 e. The van der Waals surface area contributed by atoms with Crippen molar-refractivity contribution < 1.29 is 0 Å². The lowest BCUT2D eigenvalue weighted by Gasteiger charge is -2.04. The van der Waals surface area contributed by atoms with Crippen molar-refractivity contribution in [3.8, 4) is 0 Å². The minimum atomic E-state index is 0.372. The number of aromatic nitrogens is 5. The fourth-order valence-corrected chi connectivity index (χ4v) is 2.21. The van der Waals surface area contributed by atoms with Gasteiger partial charge in [-0.3, -0.25) is 4.68 Å². The molecule has 0 saturated heterocycles. The summed E-state index contributed by atoms with van der Waals surface area (Å²) in [6.45, 7) is 0.684. The minimum absolute atomic E-state index is 0.372. The van der Waals surface area contributed by atoms with Crippen LogP contribution in [0.2, 0.25) is 0 Å². The first-order valence-corrected chi connectivity index (χ1v) is 6.15. The van der Waals surface area contributed by atoms with Crippen LogP contribution in [0.5, 0.6) is 0 Å². The molecule has 0 aromatic carbocycles. The van der Waals surface area contributed by atoms with Crippen LogP contribution in [-0.2, 0) is 19.5 Å². The van der Waals surface area contributed by atoms with Gasteiger partial charge < -0.3 is 4.57 Å². The van der Waals surface area contributed by atoms with Crippen molar-refractivity contribution in [3.05, 3.63) is 42.1 Å². The van der Waals surface area contributed by atoms with Gasteiger partial charge in [-0.05, 0) is 12.1 Å². The van der Waals surface area contributed by atoms with E-state index in [4.69, 9.17) is 11.6 Å². The molecule has 3 heterocycles. The molecule has 0 bridgehead atoms. The van der Waals surface area contributed by atoms with Crippen molar-refractivity contribution in [2.75, 3.05) is 0 Å². The summed E-state index contributed by atoms with van der Waals surface area (Å²) >= 11 is 5.94. The molecule has 18 heavy (non-hydrogen) atoms. The van der Waals surface area contributed by atoms with Gasteiger partial charge in [0, 0.05) is 25.0 Å². The summed E-state index contributed by atoms with van der Waals surface area (Å²) in [5.41, 5.74) is 2.84. The van der Waals surface area contributed by atoms with E-state index in [1.165, 1.54) is 0 Å². The Morgan fingerprint density at radius 3 is 3.00 bits per heavy atom. The minimum Gasteiger partial charge on any atom is -0.307 e. The molecule has 0 amide bonds. The topological polar surface area (TPSA) is 48.5 Å². The first-order valence-electron chi connectivity index (χ1n) is 5.61. The molecule has 0 unspecified atom stereocenters. The number of halogens is 1. The molecule has 0 aliphatic rings. The van der Waals surface area contributed by atoms with E-state index in [-0.39, 0.29) is 0 Å². The van der Waals surface area contributed by atoms with Crippen molar-refractivity contribution in [3.63, 3.8) is 0 Å². The Kier molecular flexibility index (Phi) is 2.76. The maximum Gasteiger partial charge on any atom is 0.160 e. The zero-order chi connectivity index (χ0) is 12.5. The standard InChI is InChI=1S/C12H12ClN5/c1-17-7-9(6-15-17)8-18-11(5-13)16-10-3-2-4-14-12(10)18/h2-4,6-7H,5,8H2,1H3. The van der Waals surface area contributed by atoms with Gasteiger partial charge in [-0.25, -0.2) is 9.97 Å². The van der Waals surface area contributed by atoms with Gasteiger partial charge >= 0.3 is 0 Å². The SMILES string of the molecule is Cn1cc(Cn2c(CCl)nc3cccnc32)cn1. The quantitative estimate of drug-likeness (QED) is 0.677. The van der Waals surface area contributed by atoms with Gasteiger partial charge in [0.05, 0.1) is 18.6 Å². The van der Waals surface area contributed by atoms with Crippen molar-refractivity contribution in [1.29, 1.82) is 0 Å². The van der Waals surface area contributed by atoms with E-state index in [1.807, 2.05) is 36.1 Å². The second-order valence-corrected chi connectivity index (χ2v) is 4.38. The summed E-state index contributed by atoms with van der Waals surface area (Å²) in [7, 11) is 1.90. The zero-order valence-electron chi connectivity index (χ0n) is 9.91. The van der Waals surface area contributed by atoms with Crippen molar-refractivity contribution >= 4 is 22.8 Å². The Bertz CT molecular complexity index is 685. The highest BCUT2D eigenvalue weighted by Gasteiger charge is 2.11. The molecule has 5 nitrogen and oxygen atoms in total. The molecule has 0 saturated carbocycles. The highest BCUT2D eigenvalue weighted by Crippen LogP contribution is 2.16. The molecule has 3 aromatic rings. The molecule has 0 radical (unpaired) electrons. The molecular weight excluding hydrogens is 250 g/mol.